The Hall–Kier alpha value is -3.32. The van der Waals surface area contributed by atoms with Crippen LogP contribution in [0.1, 0.15) is 66.8 Å². The molecule has 0 unspecified atom stereocenters. The van der Waals surface area contributed by atoms with E-state index in [1.807, 2.05) is 37.2 Å². The van der Waals surface area contributed by atoms with Crippen molar-refractivity contribution in [2.45, 2.75) is 57.4 Å². The Morgan fingerprint density at radius 3 is 2.69 bits per heavy atom. The molecule has 1 aliphatic heterocycles. The number of hydrogen-bond donors (Lipinski definition) is 1. The lowest BCUT2D eigenvalue weighted by Gasteiger charge is -2.29. The first-order chi connectivity index (χ1) is 19.0. The molecule has 1 amide bonds. The molecule has 1 atom stereocenters. The Morgan fingerprint density at radius 1 is 1.13 bits per heavy atom. The highest BCUT2D eigenvalue weighted by Crippen LogP contribution is 2.47. The topological polar surface area (TPSA) is 72.8 Å². The van der Waals surface area contributed by atoms with Gasteiger partial charge in [-0.05, 0) is 62.1 Å². The Balaban J connectivity index is 1.59. The van der Waals surface area contributed by atoms with Crippen molar-refractivity contribution in [2.75, 3.05) is 40.9 Å². The van der Waals surface area contributed by atoms with Gasteiger partial charge in [-0.3, -0.25) is 4.79 Å². The fourth-order valence-electron chi connectivity index (χ4n) is 6.31. The summed E-state index contributed by atoms with van der Waals surface area (Å²) in [5, 5.41) is 4.28. The number of methoxy groups -OCH3 is 1. The van der Waals surface area contributed by atoms with E-state index in [2.05, 4.69) is 34.1 Å². The van der Waals surface area contributed by atoms with Crippen molar-refractivity contribution in [2.24, 2.45) is 5.92 Å². The van der Waals surface area contributed by atoms with E-state index in [1.54, 1.807) is 0 Å². The molecule has 2 heterocycles. The Bertz CT molecular complexity index is 1320. The maximum Gasteiger partial charge on any atom is 0.337 e. The second-order valence-electron chi connectivity index (χ2n) is 11.1. The minimum Gasteiger partial charge on any atom is -0.493 e. The first-order valence-electron chi connectivity index (χ1n) is 14.4. The van der Waals surface area contributed by atoms with Crippen molar-refractivity contribution in [3.05, 3.63) is 53.6 Å². The van der Waals surface area contributed by atoms with Gasteiger partial charge in [-0.2, -0.15) is 0 Å². The number of hydrogen-bond acceptors (Lipinski definition) is 5. The molecule has 2 aromatic carbocycles. The third-order valence-electron chi connectivity index (χ3n) is 8.48. The zero-order valence-electron chi connectivity index (χ0n) is 23.5. The van der Waals surface area contributed by atoms with E-state index in [0.717, 1.165) is 29.8 Å². The monoisotopic (exact) mass is 531 g/mol. The van der Waals surface area contributed by atoms with E-state index < -0.39 is 0 Å². The number of carbonyl (C=O) groups excluding carboxylic acids is 2. The van der Waals surface area contributed by atoms with E-state index in [-0.39, 0.29) is 17.8 Å². The molecule has 1 fully saturated rings. The molecule has 1 N–H and O–H groups in total. The van der Waals surface area contributed by atoms with E-state index in [1.165, 1.54) is 55.9 Å². The highest BCUT2D eigenvalue weighted by Gasteiger charge is 2.31. The normalized spacial score (nSPS) is 17.5. The van der Waals surface area contributed by atoms with Crippen molar-refractivity contribution < 1.29 is 19.1 Å². The molecule has 39 heavy (non-hydrogen) atoms. The number of aromatic nitrogens is 1. The molecular weight excluding hydrogens is 490 g/mol. The lowest BCUT2D eigenvalue weighted by molar-refractivity contribution is -0.130. The minimum atomic E-state index is -0.320. The molecule has 0 radical (unpaired) electrons. The van der Waals surface area contributed by atoms with Crippen molar-refractivity contribution in [1.29, 1.82) is 0 Å². The maximum absolute atomic E-state index is 12.5. The summed E-state index contributed by atoms with van der Waals surface area (Å²) in [6.45, 7) is 2.69. The third-order valence-corrected chi connectivity index (χ3v) is 8.48. The summed E-state index contributed by atoms with van der Waals surface area (Å²) in [7, 11) is 5.18. The second-order valence-corrected chi connectivity index (χ2v) is 11.1. The highest BCUT2D eigenvalue weighted by molar-refractivity contribution is 5.99. The maximum atomic E-state index is 12.5. The van der Waals surface area contributed by atoms with Crippen molar-refractivity contribution in [3.63, 3.8) is 0 Å². The molecule has 208 valence electrons. The number of carbonyl (C=O) groups is 2. The van der Waals surface area contributed by atoms with Gasteiger partial charge in [0.05, 0.1) is 25.0 Å². The summed E-state index contributed by atoms with van der Waals surface area (Å²) in [5.41, 5.74) is 5.37. The molecule has 1 saturated carbocycles. The van der Waals surface area contributed by atoms with Crippen molar-refractivity contribution >= 4 is 22.8 Å². The summed E-state index contributed by atoms with van der Waals surface area (Å²) < 4.78 is 14.0. The average Bonchev–Trinajstić information content (AvgIpc) is 3.28. The van der Waals surface area contributed by atoms with Crippen LogP contribution < -0.4 is 10.1 Å². The van der Waals surface area contributed by atoms with Crippen LogP contribution in [0, 0.1) is 5.92 Å². The summed E-state index contributed by atoms with van der Waals surface area (Å²) in [6, 6.07) is 14.4. The number of rotatable bonds is 8. The first-order valence-corrected chi connectivity index (χ1v) is 14.4. The van der Waals surface area contributed by atoms with Gasteiger partial charge >= 0.3 is 5.97 Å². The van der Waals surface area contributed by atoms with Crippen LogP contribution in [0.3, 0.4) is 0 Å². The Labute approximate surface area is 231 Å². The molecular formula is C32H41N3O4. The van der Waals surface area contributed by atoms with Gasteiger partial charge in [0.1, 0.15) is 5.75 Å². The summed E-state index contributed by atoms with van der Waals surface area (Å²) in [4.78, 5) is 26.9. The number of para-hydroxylation sites is 1. The van der Waals surface area contributed by atoms with Gasteiger partial charge in [0, 0.05) is 55.5 Å². The van der Waals surface area contributed by atoms with E-state index in [0.29, 0.717) is 37.6 Å². The van der Waals surface area contributed by atoms with Crippen LogP contribution >= 0.6 is 0 Å². The average molecular weight is 532 g/mol. The molecule has 0 bridgehead atoms. The summed E-state index contributed by atoms with van der Waals surface area (Å²) in [6.07, 6.45) is 7.46. The summed E-state index contributed by atoms with van der Waals surface area (Å²) >= 11 is 0. The molecule has 1 aromatic heterocycles. The fraction of sp³-hybridized carbons (Fsp3) is 0.500. The number of benzene rings is 2. The van der Waals surface area contributed by atoms with Crippen LogP contribution in [0.4, 0.5) is 0 Å². The highest BCUT2D eigenvalue weighted by atomic mass is 16.5. The van der Waals surface area contributed by atoms with Crippen LogP contribution in [0.25, 0.3) is 22.2 Å². The SMILES string of the molecule is CNCCC(=O)N(C)CC[C@H]1COc2ccccc2-c2c(C3CCCCC3)c3ccc(C(=O)OC)cc3n2C1. The molecule has 2 aliphatic rings. The van der Waals surface area contributed by atoms with Crippen LogP contribution in [0.2, 0.25) is 0 Å². The van der Waals surface area contributed by atoms with Crippen LogP contribution in [0.5, 0.6) is 5.75 Å². The predicted molar refractivity (Wildman–Crippen MR) is 154 cm³/mol. The second kappa shape index (κ2) is 12.2. The number of nitrogens with zero attached hydrogens (tertiary/aromatic N) is 2. The predicted octanol–water partition coefficient (Wildman–Crippen LogP) is 5.61. The number of esters is 1. The third kappa shape index (κ3) is 5.69. The van der Waals surface area contributed by atoms with Crippen molar-refractivity contribution in [3.8, 4) is 17.0 Å². The van der Waals surface area contributed by atoms with Gasteiger partial charge in [0.25, 0.3) is 0 Å². The minimum absolute atomic E-state index is 0.149. The number of nitrogens with one attached hydrogen (secondary N) is 1. The molecule has 0 spiro atoms. The molecule has 7 heteroatoms. The Kier molecular flexibility index (Phi) is 8.56. The molecule has 3 aromatic rings. The smallest absolute Gasteiger partial charge is 0.337 e. The molecule has 7 nitrogen and oxygen atoms in total. The summed E-state index contributed by atoms with van der Waals surface area (Å²) in [5.74, 6) is 1.40. The van der Waals surface area contributed by atoms with Gasteiger partial charge in [-0.1, -0.05) is 37.5 Å². The zero-order chi connectivity index (χ0) is 27.4. The zero-order valence-corrected chi connectivity index (χ0v) is 23.5. The molecule has 1 aliphatic carbocycles. The lowest BCUT2D eigenvalue weighted by Crippen LogP contribution is -2.32. The van der Waals surface area contributed by atoms with E-state index in [4.69, 9.17) is 9.47 Å². The molecule has 5 rings (SSSR count). The van der Waals surface area contributed by atoms with Gasteiger partial charge < -0.3 is 24.3 Å². The van der Waals surface area contributed by atoms with Crippen molar-refractivity contribution in [1.82, 2.24) is 14.8 Å². The largest absolute Gasteiger partial charge is 0.493 e. The van der Waals surface area contributed by atoms with Gasteiger partial charge in [0.2, 0.25) is 5.91 Å². The quantitative estimate of drug-likeness (QED) is 0.383. The van der Waals surface area contributed by atoms with Gasteiger partial charge in [-0.15, -0.1) is 0 Å². The standard InChI is InChI=1S/C32H41N3O4/c1-33-17-15-29(36)34(2)18-16-22-20-35-27-19-24(32(37)38-3)13-14-25(27)30(23-9-5-4-6-10-23)31(35)26-11-7-8-12-28(26)39-21-22/h7-8,11-14,19,22-23,33H,4-6,9-10,15-18,20-21H2,1-3H3/t22-/m1/s1. The Morgan fingerprint density at radius 2 is 1.92 bits per heavy atom. The van der Waals surface area contributed by atoms with E-state index >= 15 is 0 Å². The molecule has 0 saturated heterocycles. The number of fused-ring (bicyclic) bond motifs is 5. The van der Waals surface area contributed by atoms with Crippen LogP contribution in [-0.4, -0.2) is 62.2 Å². The van der Waals surface area contributed by atoms with Crippen LogP contribution in [0.15, 0.2) is 42.5 Å². The van der Waals surface area contributed by atoms with Gasteiger partial charge in [-0.25, -0.2) is 4.79 Å². The van der Waals surface area contributed by atoms with E-state index in [9.17, 15) is 9.59 Å². The first kappa shape index (κ1) is 27.3. The lowest BCUT2D eigenvalue weighted by atomic mass is 9.81. The number of ether oxygens (including phenoxy) is 2. The van der Waals surface area contributed by atoms with Gasteiger partial charge in [0.15, 0.2) is 0 Å². The fourth-order valence-corrected chi connectivity index (χ4v) is 6.31. The van der Waals surface area contributed by atoms with Crippen LogP contribution in [-0.2, 0) is 16.1 Å². The number of amides is 1.